The van der Waals surface area contributed by atoms with Crippen molar-refractivity contribution in [2.45, 2.75) is 26.7 Å². The van der Waals surface area contributed by atoms with Gasteiger partial charge in [0.15, 0.2) is 0 Å². The molecule has 0 radical (unpaired) electrons. The zero-order valence-electron chi connectivity index (χ0n) is 18.1. The maximum atomic E-state index is 13.2. The lowest BCUT2D eigenvalue weighted by atomic mass is 9.95. The molecule has 1 saturated heterocycles. The molecule has 1 aromatic heterocycles. The van der Waals surface area contributed by atoms with E-state index >= 15 is 0 Å². The molecule has 0 bridgehead atoms. The number of likely N-dealkylation sites (tertiary alicyclic amines) is 1. The van der Waals surface area contributed by atoms with Gasteiger partial charge in [0, 0.05) is 24.4 Å². The summed E-state index contributed by atoms with van der Waals surface area (Å²) in [5.41, 5.74) is 4.08. The molecule has 2 amide bonds. The second-order valence-electron chi connectivity index (χ2n) is 8.07. The SMILES string of the molecule is COc1ccccc1NC(=O)C1CCN(C(=O)c2cc3ccc(C)cc3nc2C)CC1. The molecule has 0 spiro atoms. The number of piperidine rings is 1. The minimum Gasteiger partial charge on any atom is -0.495 e. The van der Waals surface area contributed by atoms with E-state index in [2.05, 4.69) is 10.3 Å². The number of aryl methyl sites for hydroxylation is 2. The maximum absolute atomic E-state index is 13.2. The molecule has 1 aliphatic heterocycles. The Balaban J connectivity index is 1.42. The Morgan fingerprint density at radius 2 is 1.81 bits per heavy atom. The summed E-state index contributed by atoms with van der Waals surface area (Å²) in [5, 5.41) is 3.93. The summed E-state index contributed by atoms with van der Waals surface area (Å²) in [4.78, 5) is 32.3. The number of ether oxygens (including phenoxy) is 1. The first-order chi connectivity index (χ1) is 15.0. The number of anilines is 1. The zero-order valence-corrected chi connectivity index (χ0v) is 18.1. The van der Waals surface area contributed by atoms with Crippen molar-refractivity contribution in [1.29, 1.82) is 0 Å². The fraction of sp³-hybridized carbons (Fsp3) is 0.320. The Labute approximate surface area is 182 Å². The lowest BCUT2D eigenvalue weighted by molar-refractivity contribution is -0.121. The van der Waals surface area contributed by atoms with Crippen molar-refractivity contribution >= 4 is 28.4 Å². The number of carbonyl (C=O) groups excluding carboxylic acids is 2. The van der Waals surface area contributed by atoms with Gasteiger partial charge < -0.3 is 15.0 Å². The summed E-state index contributed by atoms with van der Waals surface area (Å²) in [6.45, 7) is 5.01. The van der Waals surface area contributed by atoms with Gasteiger partial charge in [-0.1, -0.05) is 24.3 Å². The van der Waals surface area contributed by atoms with Crippen LogP contribution in [0.2, 0.25) is 0 Å². The molecular weight excluding hydrogens is 390 g/mol. The van der Waals surface area contributed by atoms with Crippen LogP contribution in [0, 0.1) is 19.8 Å². The van der Waals surface area contributed by atoms with Gasteiger partial charge in [0.2, 0.25) is 5.91 Å². The van der Waals surface area contributed by atoms with Crippen LogP contribution in [-0.4, -0.2) is 41.9 Å². The first-order valence-electron chi connectivity index (χ1n) is 10.6. The van der Waals surface area contributed by atoms with E-state index in [0.717, 1.165) is 22.2 Å². The van der Waals surface area contributed by atoms with Crippen molar-refractivity contribution in [3.8, 4) is 5.75 Å². The van der Waals surface area contributed by atoms with E-state index in [0.29, 0.717) is 42.9 Å². The molecule has 0 unspecified atom stereocenters. The largest absolute Gasteiger partial charge is 0.495 e. The number of aromatic nitrogens is 1. The lowest BCUT2D eigenvalue weighted by Crippen LogP contribution is -2.41. The summed E-state index contributed by atoms with van der Waals surface area (Å²) >= 11 is 0. The maximum Gasteiger partial charge on any atom is 0.255 e. The standard InChI is InChI=1S/C25H27N3O3/c1-16-8-9-19-15-20(17(2)26-22(19)14-16)25(30)28-12-10-18(11-13-28)24(29)27-21-6-4-5-7-23(21)31-3/h4-9,14-15,18H,10-13H2,1-3H3,(H,27,29). The van der Waals surface area contributed by atoms with Gasteiger partial charge in [-0.3, -0.25) is 14.6 Å². The third-order valence-corrected chi connectivity index (χ3v) is 5.91. The number of hydrogen-bond acceptors (Lipinski definition) is 4. The number of hydrogen-bond donors (Lipinski definition) is 1. The highest BCUT2D eigenvalue weighted by Crippen LogP contribution is 2.27. The van der Waals surface area contributed by atoms with Gasteiger partial charge in [0.05, 0.1) is 29.6 Å². The van der Waals surface area contributed by atoms with Gasteiger partial charge in [-0.15, -0.1) is 0 Å². The highest BCUT2D eigenvalue weighted by molar-refractivity contribution is 5.99. The smallest absolute Gasteiger partial charge is 0.255 e. The van der Waals surface area contributed by atoms with Crippen molar-refractivity contribution in [3.63, 3.8) is 0 Å². The van der Waals surface area contributed by atoms with E-state index < -0.39 is 0 Å². The predicted octanol–water partition coefficient (Wildman–Crippen LogP) is 4.35. The molecule has 6 heteroatoms. The van der Waals surface area contributed by atoms with E-state index in [4.69, 9.17) is 4.74 Å². The number of amides is 2. The number of fused-ring (bicyclic) bond motifs is 1. The van der Waals surface area contributed by atoms with E-state index in [1.165, 1.54) is 0 Å². The van der Waals surface area contributed by atoms with Gasteiger partial charge in [0.25, 0.3) is 5.91 Å². The Morgan fingerprint density at radius 3 is 2.55 bits per heavy atom. The number of methoxy groups -OCH3 is 1. The van der Waals surface area contributed by atoms with E-state index in [9.17, 15) is 9.59 Å². The fourth-order valence-corrected chi connectivity index (χ4v) is 4.09. The second kappa shape index (κ2) is 8.76. The molecule has 3 aromatic rings. The summed E-state index contributed by atoms with van der Waals surface area (Å²) in [5.74, 6) is 0.456. The van der Waals surface area contributed by atoms with Crippen molar-refractivity contribution in [2.24, 2.45) is 5.92 Å². The van der Waals surface area contributed by atoms with E-state index in [1.54, 1.807) is 7.11 Å². The van der Waals surface area contributed by atoms with E-state index in [1.807, 2.05) is 67.3 Å². The number of nitrogens with zero attached hydrogens (tertiary/aromatic N) is 2. The van der Waals surface area contributed by atoms with Gasteiger partial charge in [-0.2, -0.15) is 0 Å². The summed E-state index contributed by atoms with van der Waals surface area (Å²) < 4.78 is 5.31. The molecule has 0 aliphatic carbocycles. The first kappa shape index (κ1) is 20.8. The Morgan fingerprint density at radius 1 is 1.06 bits per heavy atom. The molecule has 0 atom stereocenters. The second-order valence-corrected chi connectivity index (χ2v) is 8.07. The molecule has 160 valence electrons. The van der Waals surface area contributed by atoms with Crippen molar-refractivity contribution in [3.05, 3.63) is 65.4 Å². The number of para-hydroxylation sites is 2. The van der Waals surface area contributed by atoms with Crippen molar-refractivity contribution < 1.29 is 14.3 Å². The topological polar surface area (TPSA) is 71.5 Å². The molecular formula is C25H27N3O3. The zero-order chi connectivity index (χ0) is 22.0. The van der Waals surface area contributed by atoms with E-state index in [-0.39, 0.29) is 17.7 Å². The molecule has 2 aromatic carbocycles. The van der Waals surface area contributed by atoms with Crippen LogP contribution in [0.3, 0.4) is 0 Å². The molecule has 31 heavy (non-hydrogen) atoms. The van der Waals surface area contributed by atoms with Crippen molar-refractivity contribution in [1.82, 2.24) is 9.88 Å². The number of benzene rings is 2. The number of pyridine rings is 1. The fourth-order valence-electron chi connectivity index (χ4n) is 4.09. The minimum absolute atomic E-state index is 0.0175. The molecule has 6 nitrogen and oxygen atoms in total. The summed E-state index contributed by atoms with van der Waals surface area (Å²) in [6, 6.07) is 15.4. The van der Waals surface area contributed by atoms with Crippen LogP contribution in [0.15, 0.2) is 48.5 Å². The lowest BCUT2D eigenvalue weighted by Gasteiger charge is -2.31. The molecule has 1 fully saturated rings. The van der Waals surface area contributed by atoms with Crippen LogP contribution in [0.1, 0.15) is 34.5 Å². The van der Waals surface area contributed by atoms with Crippen LogP contribution in [0.5, 0.6) is 5.75 Å². The van der Waals surface area contributed by atoms with Crippen molar-refractivity contribution in [2.75, 3.05) is 25.5 Å². The molecule has 1 aliphatic rings. The third kappa shape index (κ3) is 4.38. The highest BCUT2D eigenvalue weighted by Gasteiger charge is 2.29. The summed E-state index contributed by atoms with van der Waals surface area (Å²) in [6.07, 6.45) is 1.26. The normalized spacial score (nSPS) is 14.5. The van der Waals surface area contributed by atoms with Crippen LogP contribution < -0.4 is 10.1 Å². The Kier molecular flexibility index (Phi) is 5.89. The Bertz CT molecular complexity index is 1130. The van der Waals surface area contributed by atoms with Gasteiger partial charge in [-0.05, 0) is 56.5 Å². The summed E-state index contributed by atoms with van der Waals surface area (Å²) in [7, 11) is 1.58. The third-order valence-electron chi connectivity index (χ3n) is 5.91. The minimum atomic E-state index is -0.132. The number of nitrogens with one attached hydrogen (secondary N) is 1. The van der Waals surface area contributed by atoms with Crippen LogP contribution >= 0.6 is 0 Å². The number of carbonyl (C=O) groups is 2. The average molecular weight is 418 g/mol. The predicted molar refractivity (Wildman–Crippen MR) is 121 cm³/mol. The monoisotopic (exact) mass is 417 g/mol. The number of rotatable bonds is 4. The van der Waals surface area contributed by atoms with Crippen LogP contribution in [0.25, 0.3) is 10.9 Å². The molecule has 1 N–H and O–H groups in total. The molecule has 2 heterocycles. The first-order valence-corrected chi connectivity index (χ1v) is 10.6. The molecule has 4 rings (SSSR count). The van der Waals surface area contributed by atoms with Crippen LogP contribution in [-0.2, 0) is 4.79 Å². The highest BCUT2D eigenvalue weighted by atomic mass is 16.5. The van der Waals surface area contributed by atoms with Crippen LogP contribution in [0.4, 0.5) is 5.69 Å². The Hall–Kier alpha value is -3.41. The quantitative estimate of drug-likeness (QED) is 0.685. The van der Waals surface area contributed by atoms with Gasteiger partial charge in [0.1, 0.15) is 5.75 Å². The van der Waals surface area contributed by atoms with Gasteiger partial charge in [-0.25, -0.2) is 0 Å². The molecule has 0 saturated carbocycles. The van der Waals surface area contributed by atoms with Gasteiger partial charge >= 0.3 is 0 Å². The average Bonchev–Trinajstić information content (AvgIpc) is 2.78.